The first-order valence-corrected chi connectivity index (χ1v) is 19.2. The van der Waals surface area contributed by atoms with Gasteiger partial charge in [0.2, 0.25) is 0 Å². The van der Waals surface area contributed by atoms with Crippen LogP contribution in [0.2, 0.25) is 0 Å². The van der Waals surface area contributed by atoms with E-state index < -0.39 is 0 Å². The standard InChI is InChI=1S/C52H35NS/c1-2-11-36(12-3-1)37-21-23-38(24-22-37)39-25-30-43(31-26-39)53(44-32-27-41(28-33-44)46-18-10-14-40-13-4-5-15-45(40)46)50-19-8-6-16-47(50)42-29-34-49-48-17-7-9-20-51(48)54-52(49)35-42/h1-35H. The molecule has 1 aromatic heterocycles. The molecule has 10 rings (SSSR count). The molecule has 0 saturated heterocycles. The Morgan fingerprint density at radius 3 is 1.54 bits per heavy atom. The number of para-hydroxylation sites is 1. The monoisotopic (exact) mass is 705 g/mol. The highest BCUT2D eigenvalue weighted by Gasteiger charge is 2.18. The summed E-state index contributed by atoms with van der Waals surface area (Å²) < 4.78 is 2.62. The molecule has 0 aliphatic heterocycles. The Morgan fingerprint density at radius 2 is 0.796 bits per heavy atom. The SMILES string of the molecule is c1ccc(-c2ccc(-c3ccc(N(c4ccc(-c5cccc6ccccc56)cc4)c4ccccc4-c4ccc5c(c4)sc4ccccc45)cc3)cc2)cc1. The van der Waals surface area contributed by atoms with Crippen LogP contribution >= 0.6 is 11.3 Å². The summed E-state index contributed by atoms with van der Waals surface area (Å²) in [6, 6.07) is 77.1. The van der Waals surface area contributed by atoms with Gasteiger partial charge in [-0.1, -0.05) is 170 Å². The van der Waals surface area contributed by atoms with Crippen LogP contribution in [-0.2, 0) is 0 Å². The van der Waals surface area contributed by atoms with Crippen molar-refractivity contribution in [1.82, 2.24) is 0 Å². The van der Waals surface area contributed by atoms with Gasteiger partial charge in [0.25, 0.3) is 0 Å². The molecule has 254 valence electrons. The Hall–Kier alpha value is -6.74. The molecule has 54 heavy (non-hydrogen) atoms. The number of anilines is 3. The van der Waals surface area contributed by atoms with Crippen LogP contribution in [0.3, 0.4) is 0 Å². The summed E-state index contributed by atoms with van der Waals surface area (Å²) in [5, 5.41) is 5.14. The van der Waals surface area contributed by atoms with Crippen molar-refractivity contribution in [1.29, 1.82) is 0 Å². The number of nitrogens with zero attached hydrogens (tertiary/aromatic N) is 1. The van der Waals surface area contributed by atoms with Crippen molar-refractivity contribution < 1.29 is 0 Å². The molecule has 2 heteroatoms. The summed E-state index contributed by atoms with van der Waals surface area (Å²) in [4.78, 5) is 2.40. The molecule has 0 unspecified atom stereocenters. The van der Waals surface area contributed by atoms with Gasteiger partial charge in [-0.05, 0) is 92.2 Å². The predicted octanol–water partition coefficient (Wildman–Crippen LogP) is 15.3. The Kier molecular flexibility index (Phi) is 8.09. The van der Waals surface area contributed by atoms with Crippen LogP contribution in [0.4, 0.5) is 17.1 Å². The van der Waals surface area contributed by atoms with Crippen molar-refractivity contribution in [2.75, 3.05) is 4.90 Å². The predicted molar refractivity (Wildman–Crippen MR) is 233 cm³/mol. The first kappa shape index (κ1) is 32.0. The van der Waals surface area contributed by atoms with E-state index in [1.54, 1.807) is 0 Å². The van der Waals surface area contributed by atoms with Gasteiger partial charge < -0.3 is 4.90 Å². The summed E-state index contributed by atoms with van der Waals surface area (Å²) >= 11 is 1.86. The molecule has 0 saturated carbocycles. The third-order valence-corrected chi connectivity index (χ3v) is 11.6. The molecule has 0 spiro atoms. The van der Waals surface area contributed by atoms with Crippen LogP contribution in [0.1, 0.15) is 0 Å². The zero-order valence-corrected chi connectivity index (χ0v) is 30.4. The highest BCUT2D eigenvalue weighted by Crippen LogP contribution is 2.44. The van der Waals surface area contributed by atoms with E-state index in [-0.39, 0.29) is 0 Å². The lowest BCUT2D eigenvalue weighted by Gasteiger charge is -2.28. The molecule has 0 aliphatic rings. The van der Waals surface area contributed by atoms with E-state index in [9.17, 15) is 0 Å². The molecular weight excluding hydrogens is 671 g/mol. The second-order valence-corrected chi connectivity index (χ2v) is 14.8. The van der Waals surface area contributed by atoms with Gasteiger partial charge in [0, 0.05) is 37.1 Å². The maximum Gasteiger partial charge on any atom is 0.0540 e. The van der Waals surface area contributed by atoms with Gasteiger partial charge in [-0.2, -0.15) is 0 Å². The fourth-order valence-electron chi connectivity index (χ4n) is 7.79. The molecule has 1 nitrogen and oxygen atoms in total. The van der Waals surface area contributed by atoms with E-state index in [1.807, 2.05) is 11.3 Å². The van der Waals surface area contributed by atoms with Crippen LogP contribution in [0.15, 0.2) is 212 Å². The summed E-state index contributed by atoms with van der Waals surface area (Å²) in [7, 11) is 0. The molecule has 1 heterocycles. The lowest BCUT2D eigenvalue weighted by atomic mass is 9.97. The number of hydrogen-bond acceptors (Lipinski definition) is 2. The summed E-state index contributed by atoms with van der Waals surface area (Å²) in [6.45, 7) is 0. The van der Waals surface area contributed by atoms with Crippen molar-refractivity contribution in [2.24, 2.45) is 0 Å². The van der Waals surface area contributed by atoms with E-state index in [4.69, 9.17) is 0 Å². The number of hydrogen-bond donors (Lipinski definition) is 0. The molecule has 0 bridgehead atoms. The fraction of sp³-hybridized carbons (Fsp3) is 0. The number of thiophene rings is 1. The molecular formula is C52H35NS. The zero-order chi connectivity index (χ0) is 35.8. The van der Waals surface area contributed by atoms with Crippen molar-refractivity contribution in [2.45, 2.75) is 0 Å². The topological polar surface area (TPSA) is 3.24 Å². The van der Waals surface area contributed by atoms with E-state index in [1.165, 1.54) is 75.5 Å². The lowest BCUT2D eigenvalue weighted by Crippen LogP contribution is -2.11. The Morgan fingerprint density at radius 1 is 0.296 bits per heavy atom. The van der Waals surface area contributed by atoms with Gasteiger partial charge in [-0.25, -0.2) is 0 Å². The lowest BCUT2D eigenvalue weighted by molar-refractivity contribution is 1.28. The maximum atomic E-state index is 2.40. The van der Waals surface area contributed by atoms with E-state index in [0.717, 1.165) is 17.1 Å². The first-order chi connectivity index (χ1) is 26.8. The molecule has 0 fully saturated rings. The average molecular weight is 706 g/mol. The Bertz CT molecular complexity index is 2900. The molecule has 0 radical (unpaired) electrons. The van der Waals surface area contributed by atoms with Crippen molar-refractivity contribution >= 4 is 59.3 Å². The second kappa shape index (κ2) is 13.7. The largest absolute Gasteiger partial charge is 0.310 e. The van der Waals surface area contributed by atoms with Gasteiger partial charge in [-0.3, -0.25) is 0 Å². The van der Waals surface area contributed by atoms with Gasteiger partial charge in [0.05, 0.1) is 5.69 Å². The fourth-order valence-corrected chi connectivity index (χ4v) is 8.93. The van der Waals surface area contributed by atoms with Crippen molar-refractivity contribution in [3.63, 3.8) is 0 Å². The molecule has 0 atom stereocenters. The minimum absolute atomic E-state index is 1.10. The number of rotatable bonds is 7. The number of benzene rings is 9. The molecule has 9 aromatic carbocycles. The second-order valence-electron chi connectivity index (χ2n) is 13.7. The Balaban J connectivity index is 1.07. The van der Waals surface area contributed by atoms with Crippen molar-refractivity contribution in [3.8, 4) is 44.5 Å². The summed E-state index contributed by atoms with van der Waals surface area (Å²) in [6.07, 6.45) is 0. The van der Waals surface area contributed by atoms with Gasteiger partial charge in [-0.15, -0.1) is 11.3 Å². The van der Waals surface area contributed by atoms with Crippen LogP contribution in [0.25, 0.3) is 75.5 Å². The minimum Gasteiger partial charge on any atom is -0.310 e. The molecule has 10 aromatic rings. The van der Waals surface area contributed by atoms with Crippen LogP contribution in [0.5, 0.6) is 0 Å². The van der Waals surface area contributed by atoms with Crippen LogP contribution < -0.4 is 4.90 Å². The van der Waals surface area contributed by atoms with Crippen LogP contribution in [-0.4, -0.2) is 0 Å². The first-order valence-electron chi connectivity index (χ1n) is 18.4. The Labute approximate surface area is 319 Å². The third-order valence-electron chi connectivity index (χ3n) is 10.5. The maximum absolute atomic E-state index is 2.40. The van der Waals surface area contributed by atoms with E-state index in [2.05, 4.69) is 217 Å². The van der Waals surface area contributed by atoms with Gasteiger partial charge >= 0.3 is 0 Å². The zero-order valence-electron chi connectivity index (χ0n) is 29.6. The minimum atomic E-state index is 1.10. The molecule has 0 N–H and O–H groups in total. The summed E-state index contributed by atoms with van der Waals surface area (Å²) in [5.74, 6) is 0. The molecule has 0 aliphatic carbocycles. The van der Waals surface area contributed by atoms with Gasteiger partial charge in [0.15, 0.2) is 0 Å². The van der Waals surface area contributed by atoms with Crippen LogP contribution in [0, 0.1) is 0 Å². The highest BCUT2D eigenvalue weighted by atomic mass is 32.1. The van der Waals surface area contributed by atoms with E-state index >= 15 is 0 Å². The highest BCUT2D eigenvalue weighted by molar-refractivity contribution is 7.25. The number of fused-ring (bicyclic) bond motifs is 4. The van der Waals surface area contributed by atoms with Crippen molar-refractivity contribution in [3.05, 3.63) is 212 Å². The average Bonchev–Trinajstić information content (AvgIpc) is 3.63. The molecule has 0 amide bonds. The quantitative estimate of drug-likeness (QED) is 0.160. The normalized spacial score (nSPS) is 11.3. The third kappa shape index (κ3) is 5.84. The smallest absolute Gasteiger partial charge is 0.0540 e. The van der Waals surface area contributed by atoms with E-state index in [0.29, 0.717) is 0 Å². The van der Waals surface area contributed by atoms with Gasteiger partial charge in [0.1, 0.15) is 0 Å². The summed E-state index contributed by atoms with van der Waals surface area (Å²) in [5.41, 5.74) is 13.0.